The summed E-state index contributed by atoms with van der Waals surface area (Å²) in [6.45, 7) is 2.10. The molecule has 0 aliphatic carbocycles. The number of rotatable bonds is 2. The Morgan fingerprint density at radius 1 is 1.33 bits per heavy atom. The van der Waals surface area contributed by atoms with Gasteiger partial charge in [0.15, 0.2) is 0 Å². The molecule has 1 rings (SSSR count). The summed E-state index contributed by atoms with van der Waals surface area (Å²) in [4.78, 5) is 2.10. The number of hydrogen-bond acceptors (Lipinski definition) is 1. The van der Waals surface area contributed by atoms with Crippen molar-refractivity contribution in [3.05, 3.63) is 29.3 Å². The Balaban J connectivity index is 3.03. The lowest BCUT2D eigenvalue weighted by Crippen LogP contribution is -2.10. The highest BCUT2D eigenvalue weighted by atomic mass is 35.5. The summed E-state index contributed by atoms with van der Waals surface area (Å²) in [6, 6.07) is 6.30. The molecule has 0 bridgehead atoms. The van der Waals surface area contributed by atoms with Gasteiger partial charge in [0.05, 0.1) is 0 Å². The summed E-state index contributed by atoms with van der Waals surface area (Å²) in [7, 11) is 4.09. The number of halogens is 1. The highest BCUT2D eigenvalue weighted by Crippen LogP contribution is 2.19. The van der Waals surface area contributed by atoms with Crippen molar-refractivity contribution in [1.82, 2.24) is 0 Å². The maximum Gasteiger partial charge on any atom is 0.0474 e. The molecular formula is C10H14ClN. The SMILES string of the molecule is Cc1cc(CCl)ccc1N(C)C. The first-order valence-corrected chi connectivity index (χ1v) is 4.51. The molecule has 0 aromatic heterocycles. The van der Waals surface area contributed by atoms with Crippen LogP contribution in [-0.2, 0) is 5.88 Å². The van der Waals surface area contributed by atoms with E-state index in [9.17, 15) is 0 Å². The van der Waals surface area contributed by atoms with Crippen LogP contribution in [0.5, 0.6) is 0 Å². The Morgan fingerprint density at radius 2 is 2.00 bits per heavy atom. The highest BCUT2D eigenvalue weighted by Gasteiger charge is 2.00. The molecule has 0 heterocycles. The zero-order valence-electron chi connectivity index (χ0n) is 7.76. The van der Waals surface area contributed by atoms with Crippen molar-refractivity contribution < 1.29 is 0 Å². The van der Waals surface area contributed by atoms with Crippen LogP contribution < -0.4 is 4.90 Å². The fraction of sp³-hybridized carbons (Fsp3) is 0.400. The van der Waals surface area contributed by atoms with Crippen LogP contribution in [0.3, 0.4) is 0 Å². The summed E-state index contributed by atoms with van der Waals surface area (Å²) >= 11 is 5.72. The molecule has 0 amide bonds. The zero-order valence-corrected chi connectivity index (χ0v) is 8.52. The summed E-state index contributed by atoms with van der Waals surface area (Å²) < 4.78 is 0. The lowest BCUT2D eigenvalue weighted by molar-refractivity contribution is 1.11. The molecule has 12 heavy (non-hydrogen) atoms. The molecule has 0 unspecified atom stereocenters. The van der Waals surface area contributed by atoms with Gasteiger partial charge < -0.3 is 4.90 Å². The minimum atomic E-state index is 0.592. The topological polar surface area (TPSA) is 3.24 Å². The summed E-state index contributed by atoms with van der Waals surface area (Å²) in [5, 5.41) is 0. The molecular weight excluding hydrogens is 170 g/mol. The molecule has 0 aliphatic rings. The van der Waals surface area contributed by atoms with E-state index in [1.807, 2.05) is 14.1 Å². The first-order chi connectivity index (χ1) is 5.65. The molecule has 1 aromatic carbocycles. The molecule has 2 heteroatoms. The van der Waals surface area contributed by atoms with Gasteiger partial charge >= 0.3 is 0 Å². The van der Waals surface area contributed by atoms with E-state index in [0.29, 0.717) is 5.88 Å². The van der Waals surface area contributed by atoms with Gasteiger partial charge in [-0.15, -0.1) is 11.6 Å². The zero-order chi connectivity index (χ0) is 9.14. The maximum absolute atomic E-state index is 5.72. The van der Waals surface area contributed by atoms with Crippen LogP contribution in [0, 0.1) is 6.92 Å². The average molecular weight is 184 g/mol. The molecule has 66 valence electrons. The van der Waals surface area contributed by atoms with Gasteiger partial charge in [0.25, 0.3) is 0 Å². The molecule has 0 radical (unpaired) electrons. The van der Waals surface area contributed by atoms with Crippen molar-refractivity contribution in [3.8, 4) is 0 Å². The molecule has 0 aliphatic heterocycles. The molecule has 0 saturated carbocycles. The molecule has 0 atom stereocenters. The smallest absolute Gasteiger partial charge is 0.0474 e. The Morgan fingerprint density at radius 3 is 2.42 bits per heavy atom. The van der Waals surface area contributed by atoms with Crippen molar-refractivity contribution >= 4 is 17.3 Å². The fourth-order valence-corrected chi connectivity index (χ4v) is 1.47. The molecule has 1 aromatic rings. The summed E-state index contributed by atoms with van der Waals surface area (Å²) in [5.74, 6) is 0.592. The second kappa shape index (κ2) is 3.81. The predicted octanol–water partition coefficient (Wildman–Crippen LogP) is 2.80. The largest absolute Gasteiger partial charge is 0.377 e. The monoisotopic (exact) mass is 183 g/mol. The van der Waals surface area contributed by atoms with Crippen LogP contribution in [-0.4, -0.2) is 14.1 Å². The standard InChI is InChI=1S/C10H14ClN/c1-8-6-9(7-11)4-5-10(8)12(2)3/h4-6H,7H2,1-3H3. The van der Waals surface area contributed by atoms with Gasteiger partial charge in [-0.05, 0) is 24.1 Å². The third kappa shape index (κ3) is 1.92. The van der Waals surface area contributed by atoms with E-state index in [2.05, 4.69) is 30.0 Å². The predicted molar refractivity (Wildman–Crippen MR) is 55.1 cm³/mol. The van der Waals surface area contributed by atoms with Gasteiger partial charge in [-0.3, -0.25) is 0 Å². The third-order valence-electron chi connectivity index (χ3n) is 1.90. The Hall–Kier alpha value is -0.690. The Bertz CT molecular complexity index is 269. The van der Waals surface area contributed by atoms with Gasteiger partial charge in [0.2, 0.25) is 0 Å². The van der Waals surface area contributed by atoms with Crippen molar-refractivity contribution in [2.24, 2.45) is 0 Å². The van der Waals surface area contributed by atoms with E-state index in [1.54, 1.807) is 0 Å². The van der Waals surface area contributed by atoms with Crippen LogP contribution in [0.15, 0.2) is 18.2 Å². The van der Waals surface area contributed by atoms with Crippen molar-refractivity contribution in [2.45, 2.75) is 12.8 Å². The van der Waals surface area contributed by atoms with Crippen molar-refractivity contribution in [1.29, 1.82) is 0 Å². The minimum absolute atomic E-state index is 0.592. The first-order valence-electron chi connectivity index (χ1n) is 3.98. The van der Waals surface area contributed by atoms with Crippen LogP contribution in [0.4, 0.5) is 5.69 Å². The maximum atomic E-state index is 5.72. The minimum Gasteiger partial charge on any atom is -0.377 e. The number of anilines is 1. The molecule has 0 fully saturated rings. The van der Waals surface area contributed by atoms with E-state index >= 15 is 0 Å². The summed E-state index contributed by atoms with van der Waals surface area (Å²) in [6.07, 6.45) is 0. The van der Waals surface area contributed by atoms with Gasteiger partial charge in [-0.2, -0.15) is 0 Å². The number of hydrogen-bond donors (Lipinski definition) is 0. The Labute approximate surface area is 79.0 Å². The van der Waals surface area contributed by atoms with E-state index in [4.69, 9.17) is 11.6 Å². The van der Waals surface area contributed by atoms with Crippen LogP contribution in [0.2, 0.25) is 0 Å². The van der Waals surface area contributed by atoms with Gasteiger partial charge in [-0.1, -0.05) is 12.1 Å². The number of alkyl halides is 1. The van der Waals surface area contributed by atoms with Crippen molar-refractivity contribution in [3.63, 3.8) is 0 Å². The fourth-order valence-electron chi connectivity index (χ4n) is 1.30. The third-order valence-corrected chi connectivity index (χ3v) is 2.21. The van der Waals surface area contributed by atoms with Gasteiger partial charge in [-0.25, -0.2) is 0 Å². The number of nitrogens with zero attached hydrogens (tertiary/aromatic N) is 1. The quantitative estimate of drug-likeness (QED) is 0.638. The molecule has 1 nitrogen and oxygen atoms in total. The molecule has 0 saturated heterocycles. The Kier molecular flexibility index (Phi) is 2.99. The summed E-state index contributed by atoms with van der Waals surface area (Å²) in [5.41, 5.74) is 3.71. The lowest BCUT2D eigenvalue weighted by atomic mass is 10.1. The van der Waals surface area contributed by atoms with Crippen LogP contribution >= 0.6 is 11.6 Å². The highest BCUT2D eigenvalue weighted by molar-refractivity contribution is 6.17. The second-order valence-electron chi connectivity index (χ2n) is 3.15. The first kappa shape index (κ1) is 9.40. The number of aryl methyl sites for hydroxylation is 1. The lowest BCUT2D eigenvalue weighted by Gasteiger charge is -2.15. The normalized spacial score (nSPS) is 10.0. The molecule has 0 spiro atoms. The van der Waals surface area contributed by atoms with E-state index < -0.39 is 0 Å². The second-order valence-corrected chi connectivity index (χ2v) is 3.42. The van der Waals surface area contributed by atoms with Gasteiger partial charge in [0.1, 0.15) is 0 Å². The van der Waals surface area contributed by atoms with E-state index in [1.165, 1.54) is 16.8 Å². The van der Waals surface area contributed by atoms with Crippen LogP contribution in [0.25, 0.3) is 0 Å². The average Bonchev–Trinajstić information content (AvgIpc) is 2.03. The van der Waals surface area contributed by atoms with Crippen molar-refractivity contribution in [2.75, 3.05) is 19.0 Å². The van der Waals surface area contributed by atoms with E-state index in [0.717, 1.165) is 0 Å². The van der Waals surface area contributed by atoms with Gasteiger partial charge in [0, 0.05) is 25.7 Å². The number of benzene rings is 1. The van der Waals surface area contributed by atoms with E-state index in [-0.39, 0.29) is 0 Å². The van der Waals surface area contributed by atoms with Crippen LogP contribution in [0.1, 0.15) is 11.1 Å². The molecule has 0 N–H and O–H groups in total.